The lowest BCUT2D eigenvalue weighted by Gasteiger charge is -2.51. The van der Waals surface area contributed by atoms with Gasteiger partial charge in [-0.15, -0.1) is 0 Å². The van der Waals surface area contributed by atoms with Gasteiger partial charge < -0.3 is 4.74 Å². The molecule has 0 saturated heterocycles. The van der Waals surface area contributed by atoms with Crippen LogP contribution in [-0.4, -0.2) is 15.9 Å². The van der Waals surface area contributed by atoms with Crippen molar-refractivity contribution in [2.45, 2.75) is 43.0 Å². The van der Waals surface area contributed by atoms with E-state index in [1.54, 1.807) is 0 Å². The Kier molecular flexibility index (Phi) is 2.99. The fraction of sp³-hybridized carbons (Fsp3) is 0.471. The van der Waals surface area contributed by atoms with Gasteiger partial charge in [0.15, 0.2) is 0 Å². The van der Waals surface area contributed by atoms with Crippen LogP contribution < -0.4 is 4.74 Å². The Morgan fingerprint density at radius 1 is 1.20 bits per heavy atom. The molecule has 104 valence electrons. The third-order valence-electron chi connectivity index (χ3n) is 5.06. The largest absolute Gasteiger partial charge is 0.488 e. The Balaban J connectivity index is 1.58. The molecule has 0 bridgehead atoms. The summed E-state index contributed by atoms with van der Waals surface area (Å²) in [7, 11) is 0. The molecule has 2 aromatic rings. The number of benzene rings is 1. The van der Waals surface area contributed by atoms with Gasteiger partial charge in [0.2, 0.25) is 0 Å². The molecule has 4 rings (SSSR count). The molecular formula is C17H18BrNO. The second-order valence-electron chi connectivity index (χ2n) is 6.11. The van der Waals surface area contributed by atoms with Crippen LogP contribution in [0.5, 0.6) is 5.75 Å². The van der Waals surface area contributed by atoms with E-state index in [0.29, 0.717) is 16.3 Å². The van der Waals surface area contributed by atoms with Crippen molar-refractivity contribution in [3.63, 3.8) is 0 Å². The van der Waals surface area contributed by atoms with Gasteiger partial charge in [-0.05, 0) is 31.4 Å². The van der Waals surface area contributed by atoms with Gasteiger partial charge in [-0.2, -0.15) is 0 Å². The number of nitrogens with zero attached hydrogens (tertiary/aromatic N) is 1. The summed E-state index contributed by atoms with van der Waals surface area (Å²) in [4.78, 5) is 5.13. The van der Waals surface area contributed by atoms with E-state index < -0.39 is 0 Å². The SMILES string of the molecule is BrC1CC(Oc2cnc3ccccc3c2)C12CCCC2. The van der Waals surface area contributed by atoms with Gasteiger partial charge in [0.1, 0.15) is 11.9 Å². The summed E-state index contributed by atoms with van der Waals surface area (Å²) in [6.07, 6.45) is 8.63. The van der Waals surface area contributed by atoms with E-state index in [2.05, 4.69) is 33.0 Å². The topological polar surface area (TPSA) is 22.1 Å². The summed E-state index contributed by atoms with van der Waals surface area (Å²) < 4.78 is 6.27. The lowest BCUT2D eigenvalue weighted by molar-refractivity contribution is -0.0304. The highest BCUT2D eigenvalue weighted by atomic mass is 79.9. The van der Waals surface area contributed by atoms with Gasteiger partial charge in [0.25, 0.3) is 0 Å². The molecule has 2 nitrogen and oxygen atoms in total. The van der Waals surface area contributed by atoms with Crippen LogP contribution in [0.1, 0.15) is 32.1 Å². The predicted molar refractivity (Wildman–Crippen MR) is 84.4 cm³/mol. The van der Waals surface area contributed by atoms with Crippen molar-refractivity contribution in [1.29, 1.82) is 0 Å². The average molecular weight is 332 g/mol. The van der Waals surface area contributed by atoms with E-state index in [-0.39, 0.29) is 0 Å². The van der Waals surface area contributed by atoms with Gasteiger partial charge in [0, 0.05) is 15.6 Å². The van der Waals surface area contributed by atoms with Crippen LogP contribution >= 0.6 is 15.9 Å². The van der Waals surface area contributed by atoms with E-state index in [4.69, 9.17) is 4.74 Å². The maximum Gasteiger partial charge on any atom is 0.138 e. The van der Waals surface area contributed by atoms with Crippen LogP contribution in [0.3, 0.4) is 0 Å². The van der Waals surface area contributed by atoms with E-state index in [9.17, 15) is 0 Å². The molecule has 2 atom stereocenters. The number of para-hydroxylation sites is 1. The smallest absolute Gasteiger partial charge is 0.138 e. The number of aromatic nitrogens is 1. The normalized spacial score (nSPS) is 27.6. The number of fused-ring (bicyclic) bond motifs is 1. The van der Waals surface area contributed by atoms with E-state index in [1.165, 1.54) is 25.7 Å². The van der Waals surface area contributed by atoms with Crippen LogP contribution in [0.4, 0.5) is 0 Å². The van der Waals surface area contributed by atoms with Crippen molar-refractivity contribution in [3.05, 3.63) is 36.5 Å². The first-order chi connectivity index (χ1) is 9.78. The molecule has 3 heteroatoms. The predicted octanol–water partition coefficient (Wildman–Crippen LogP) is 4.71. The van der Waals surface area contributed by atoms with Crippen molar-refractivity contribution in [2.24, 2.45) is 5.41 Å². The van der Waals surface area contributed by atoms with Gasteiger partial charge in [-0.1, -0.05) is 47.0 Å². The van der Waals surface area contributed by atoms with E-state index in [1.807, 2.05) is 24.4 Å². The molecule has 1 aromatic carbocycles. The summed E-state index contributed by atoms with van der Waals surface area (Å²) in [5, 5.41) is 1.15. The number of hydrogen-bond acceptors (Lipinski definition) is 2. The first kappa shape index (κ1) is 12.6. The number of rotatable bonds is 2. The van der Waals surface area contributed by atoms with E-state index >= 15 is 0 Å². The van der Waals surface area contributed by atoms with Crippen LogP contribution in [0.25, 0.3) is 10.9 Å². The Morgan fingerprint density at radius 2 is 2.00 bits per heavy atom. The molecule has 0 amide bonds. The molecule has 1 heterocycles. The third kappa shape index (κ3) is 1.86. The molecule has 20 heavy (non-hydrogen) atoms. The lowest BCUT2D eigenvalue weighted by Crippen LogP contribution is -2.55. The van der Waals surface area contributed by atoms with Gasteiger partial charge >= 0.3 is 0 Å². The molecule has 2 saturated carbocycles. The second kappa shape index (κ2) is 4.73. The van der Waals surface area contributed by atoms with Crippen molar-refractivity contribution in [1.82, 2.24) is 4.98 Å². The maximum atomic E-state index is 6.27. The molecule has 2 aliphatic rings. The molecular weight excluding hydrogens is 314 g/mol. The van der Waals surface area contributed by atoms with Crippen LogP contribution in [0.2, 0.25) is 0 Å². The van der Waals surface area contributed by atoms with Crippen LogP contribution in [0, 0.1) is 5.41 Å². The maximum absolute atomic E-state index is 6.27. The Bertz CT molecular complexity index is 636. The molecule has 2 fully saturated rings. The highest BCUT2D eigenvalue weighted by Gasteiger charge is 2.56. The standard InChI is InChI=1S/C17H18BrNO/c18-15-10-16(17(15)7-3-4-8-17)20-13-9-12-5-1-2-6-14(12)19-11-13/h1-2,5-6,9,11,15-16H,3-4,7-8,10H2. The molecule has 1 spiro atoms. The summed E-state index contributed by atoms with van der Waals surface area (Å²) in [5.41, 5.74) is 1.41. The number of ether oxygens (including phenoxy) is 1. The lowest BCUT2D eigenvalue weighted by atomic mass is 9.64. The number of pyridine rings is 1. The number of halogens is 1. The summed E-state index contributed by atoms with van der Waals surface area (Å²) in [6, 6.07) is 10.3. The fourth-order valence-corrected chi connectivity index (χ4v) is 4.90. The zero-order valence-electron chi connectivity index (χ0n) is 11.4. The quantitative estimate of drug-likeness (QED) is 0.743. The molecule has 0 N–H and O–H groups in total. The molecule has 2 unspecified atom stereocenters. The minimum Gasteiger partial charge on any atom is -0.488 e. The minimum absolute atomic E-state index is 0.359. The Morgan fingerprint density at radius 3 is 2.80 bits per heavy atom. The van der Waals surface area contributed by atoms with Crippen LogP contribution in [-0.2, 0) is 0 Å². The summed E-state index contributed by atoms with van der Waals surface area (Å²) in [5.74, 6) is 0.916. The van der Waals surface area contributed by atoms with Crippen molar-refractivity contribution >= 4 is 26.8 Å². The van der Waals surface area contributed by atoms with Crippen molar-refractivity contribution in [3.8, 4) is 5.75 Å². The van der Waals surface area contributed by atoms with Gasteiger partial charge in [-0.3, -0.25) is 4.98 Å². The number of hydrogen-bond donors (Lipinski definition) is 0. The number of alkyl halides is 1. The van der Waals surface area contributed by atoms with Crippen molar-refractivity contribution in [2.75, 3.05) is 0 Å². The zero-order chi connectivity index (χ0) is 13.6. The van der Waals surface area contributed by atoms with Gasteiger partial charge in [-0.25, -0.2) is 0 Å². The second-order valence-corrected chi connectivity index (χ2v) is 7.22. The Hall–Kier alpha value is -1.09. The molecule has 0 radical (unpaired) electrons. The average Bonchev–Trinajstić information content (AvgIpc) is 2.99. The molecule has 2 aliphatic carbocycles. The summed E-state index contributed by atoms with van der Waals surface area (Å²) in [6.45, 7) is 0. The summed E-state index contributed by atoms with van der Waals surface area (Å²) >= 11 is 3.84. The molecule has 0 aliphatic heterocycles. The highest BCUT2D eigenvalue weighted by molar-refractivity contribution is 9.09. The fourth-order valence-electron chi connectivity index (χ4n) is 3.81. The monoisotopic (exact) mass is 331 g/mol. The highest BCUT2D eigenvalue weighted by Crippen LogP contribution is 2.57. The first-order valence-corrected chi connectivity index (χ1v) is 8.35. The third-order valence-corrected chi connectivity index (χ3v) is 6.35. The first-order valence-electron chi connectivity index (χ1n) is 7.43. The van der Waals surface area contributed by atoms with Crippen LogP contribution in [0.15, 0.2) is 36.5 Å². The van der Waals surface area contributed by atoms with Gasteiger partial charge in [0.05, 0.1) is 11.7 Å². The Labute approximate surface area is 127 Å². The molecule has 1 aromatic heterocycles. The van der Waals surface area contributed by atoms with Crippen molar-refractivity contribution < 1.29 is 4.74 Å². The van der Waals surface area contributed by atoms with E-state index in [0.717, 1.165) is 23.1 Å². The minimum atomic E-state index is 0.359. The zero-order valence-corrected chi connectivity index (χ0v) is 13.0.